The number of likely N-dealkylation sites (tertiary alicyclic amines) is 1. The largest absolute Gasteiger partial charge is 0.468 e. The van der Waals surface area contributed by atoms with E-state index >= 15 is 0 Å². The first-order valence-corrected chi connectivity index (χ1v) is 12.5. The number of rotatable bonds is 9. The zero-order valence-corrected chi connectivity index (χ0v) is 19.7. The van der Waals surface area contributed by atoms with Crippen molar-refractivity contribution in [1.82, 2.24) is 14.9 Å². The molecule has 1 saturated heterocycles. The molecule has 2 heterocycles. The Morgan fingerprint density at radius 2 is 2.06 bits per heavy atom. The smallest absolute Gasteiger partial charge is 0.252 e. The van der Waals surface area contributed by atoms with Gasteiger partial charge in [-0.15, -0.1) is 0 Å². The SMILES string of the molecule is C[C@@H]1CCCCN1CCCNC(=O)c1cc(S(=O)(=O)NCc2ccco2)c(Cl)cc1Cl. The number of amides is 1. The van der Waals surface area contributed by atoms with E-state index < -0.39 is 15.9 Å². The van der Waals surface area contributed by atoms with Crippen LogP contribution in [-0.4, -0.2) is 44.9 Å². The first-order valence-electron chi connectivity index (χ1n) is 10.3. The molecular weight excluding hydrogens is 461 g/mol. The fourth-order valence-corrected chi connectivity index (χ4v) is 5.49. The van der Waals surface area contributed by atoms with Gasteiger partial charge in [0.25, 0.3) is 5.91 Å². The molecule has 1 amide bonds. The number of furan rings is 1. The normalized spacial score (nSPS) is 17.6. The van der Waals surface area contributed by atoms with Crippen LogP contribution < -0.4 is 10.0 Å². The van der Waals surface area contributed by atoms with Crippen molar-refractivity contribution in [2.24, 2.45) is 0 Å². The van der Waals surface area contributed by atoms with Gasteiger partial charge in [-0.3, -0.25) is 4.79 Å². The zero-order chi connectivity index (χ0) is 22.4. The van der Waals surface area contributed by atoms with Gasteiger partial charge in [0.05, 0.1) is 28.4 Å². The second-order valence-electron chi connectivity index (χ2n) is 7.66. The number of hydrogen-bond acceptors (Lipinski definition) is 5. The molecule has 10 heteroatoms. The summed E-state index contributed by atoms with van der Waals surface area (Å²) in [5, 5.41) is 2.86. The Kier molecular flexibility index (Phi) is 8.41. The highest BCUT2D eigenvalue weighted by molar-refractivity contribution is 7.89. The number of nitrogens with zero attached hydrogens (tertiary/aromatic N) is 1. The molecule has 2 aromatic rings. The van der Waals surface area contributed by atoms with Crippen molar-refractivity contribution in [1.29, 1.82) is 0 Å². The van der Waals surface area contributed by atoms with E-state index in [4.69, 9.17) is 27.6 Å². The summed E-state index contributed by atoms with van der Waals surface area (Å²) in [6.07, 6.45) is 5.94. The topological polar surface area (TPSA) is 91.7 Å². The highest BCUT2D eigenvalue weighted by atomic mass is 35.5. The fraction of sp³-hybridized carbons (Fsp3) is 0.476. The molecule has 0 saturated carbocycles. The molecule has 3 rings (SSSR count). The lowest BCUT2D eigenvalue weighted by Crippen LogP contribution is -2.39. The van der Waals surface area contributed by atoms with Crippen LogP contribution in [0.3, 0.4) is 0 Å². The minimum absolute atomic E-state index is 0.0370. The van der Waals surface area contributed by atoms with Crippen LogP contribution in [0.2, 0.25) is 10.0 Å². The molecule has 1 aliphatic heterocycles. The second-order valence-corrected chi connectivity index (χ2v) is 10.2. The number of benzene rings is 1. The molecule has 1 fully saturated rings. The molecule has 0 spiro atoms. The van der Waals surface area contributed by atoms with Crippen LogP contribution in [0.4, 0.5) is 0 Å². The quantitative estimate of drug-likeness (QED) is 0.520. The van der Waals surface area contributed by atoms with E-state index in [0.717, 1.165) is 19.5 Å². The van der Waals surface area contributed by atoms with Crippen LogP contribution in [0.5, 0.6) is 0 Å². The lowest BCUT2D eigenvalue weighted by atomic mass is 10.0. The van der Waals surface area contributed by atoms with Gasteiger partial charge in [0.1, 0.15) is 10.7 Å². The molecule has 1 atom stereocenters. The van der Waals surface area contributed by atoms with Crippen molar-refractivity contribution in [3.05, 3.63) is 51.9 Å². The number of hydrogen-bond donors (Lipinski definition) is 2. The van der Waals surface area contributed by atoms with E-state index in [2.05, 4.69) is 21.9 Å². The molecule has 2 N–H and O–H groups in total. The van der Waals surface area contributed by atoms with Crippen molar-refractivity contribution in [3.8, 4) is 0 Å². The summed E-state index contributed by atoms with van der Waals surface area (Å²) < 4.78 is 32.9. The third-order valence-electron chi connectivity index (χ3n) is 5.42. The van der Waals surface area contributed by atoms with Gasteiger partial charge in [-0.05, 0) is 57.0 Å². The molecule has 1 aromatic heterocycles. The molecule has 1 aromatic carbocycles. The molecule has 31 heavy (non-hydrogen) atoms. The van der Waals surface area contributed by atoms with E-state index in [9.17, 15) is 13.2 Å². The molecule has 0 unspecified atom stereocenters. The molecule has 7 nitrogen and oxygen atoms in total. The van der Waals surface area contributed by atoms with Crippen molar-refractivity contribution in [2.75, 3.05) is 19.6 Å². The Balaban J connectivity index is 1.61. The predicted octanol–water partition coefficient (Wildman–Crippen LogP) is 4.06. The minimum Gasteiger partial charge on any atom is -0.468 e. The number of halogens is 2. The fourth-order valence-electron chi connectivity index (χ4n) is 3.64. The minimum atomic E-state index is -3.97. The standard InChI is InChI=1S/C21H27Cl2N3O4S/c1-15-6-2-3-9-26(15)10-5-8-24-21(27)17-12-20(19(23)13-18(17)22)31(28,29)25-14-16-7-4-11-30-16/h4,7,11-13,15,25H,2-3,5-6,8-10,14H2,1H3,(H,24,27)/t15-/m1/s1. The van der Waals surface area contributed by atoms with Crippen LogP contribution in [0.1, 0.15) is 48.7 Å². The Morgan fingerprint density at radius 3 is 2.77 bits per heavy atom. The number of nitrogens with one attached hydrogen (secondary N) is 2. The highest BCUT2D eigenvalue weighted by Gasteiger charge is 2.23. The molecule has 0 aliphatic carbocycles. The summed E-state index contributed by atoms with van der Waals surface area (Å²) in [4.78, 5) is 14.9. The van der Waals surface area contributed by atoms with E-state index in [0.29, 0.717) is 18.3 Å². The maximum absolute atomic E-state index is 12.7. The van der Waals surface area contributed by atoms with Gasteiger partial charge in [0.2, 0.25) is 10.0 Å². The summed E-state index contributed by atoms with van der Waals surface area (Å²) in [5.74, 6) is 0.0190. The van der Waals surface area contributed by atoms with Crippen molar-refractivity contribution in [2.45, 2.75) is 50.1 Å². The van der Waals surface area contributed by atoms with E-state index in [1.165, 1.54) is 37.7 Å². The molecule has 170 valence electrons. The van der Waals surface area contributed by atoms with Crippen LogP contribution >= 0.6 is 23.2 Å². The molecule has 0 radical (unpaired) electrons. The van der Waals surface area contributed by atoms with Gasteiger partial charge in [-0.25, -0.2) is 13.1 Å². The van der Waals surface area contributed by atoms with Crippen LogP contribution in [0.25, 0.3) is 0 Å². The Morgan fingerprint density at radius 1 is 1.26 bits per heavy atom. The van der Waals surface area contributed by atoms with Crippen LogP contribution in [0, 0.1) is 0 Å². The summed E-state index contributed by atoms with van der Waals surface area (Å²) in [6.45, 7) is 4.66. The summed E-state index contributed by atoms with van der Waals surface area (Å²) in [5.41, 5.74) is 0.0655. The average Bonchev–Trinajstić information content (AvgIpc) is 3.24. The lowest BCUT2D eigenvalue weighted by Gasteiger charge is -2.33. The van der Waals surface area contributed by atoms with E-state index in [-0.39, 0.29) is 27.0 Å². The van der Waals surface area contributed by atoms with Crippen LogP contribution in [0.15, 0.2) is 39.8 Å². The van der Waals surface area contributed by atoms with Gasteiger partial charge in [0, 0.05) is 19.1 Å². The van der Waals surface area contributed by atoms with Gasteiger partial charge in [-0.2, -0.15) is 0 Å². The first kappa shape index (κ1) is 24.1. The monoisotopic (exact) mass is 487 g/mol. The van der Waals surface area contributed by atoms with Gasteiger partial charge >= 0.3 is 0 Å². The van der Waals surface area contributed by atoms with Gasteiger partial charge in [-0.1, -0.05) is 29.6 Å². The van der Waals surface area contributed by atoms with Crippen LogP contribution in [-0.2, 0) is 16.6 Å². The zero-order valence-electron chi connectivity index (χ0n) is 17.4. The summed E-state index contributed by atoms with van der Waals surface area (Å²) in [7, 11) is -3.97. The van der Waals surface area contributed by atoms with Crippen molar-refractivity contribution >= 4 is 39.1 Å². The summed E-state index contributed by atoms with van der Waals surface area (Å²) in [6, 6.07) is 6.35. The Hall–Kier alpha value is -1.58. The third kappa shape index (κ3) is 6.46. The van der Waals surface area contributed by atoms with E-state index in [1.807, 2.05) is 0 Å². The Bertz CT molecular complexity index is 996. The molecule has 0 bridgehead atoms. The third-order valence-corrected chi connectivity index (χ3v) is 7.60. The number of carbonyl (C=O) groups is 1. The highest BCUT2D eigenvalue weighted by Crippen LogP contribution is 2.29. The number of piperidine rings is 1. The number of sulfonamides is 1. The summed E-state index contributed by atoms with van der Waals surface area (Å²) >= 11 is 12.3. The molecule has 1 aliphatic rings. The first-order chi connectivity index (χ1) is 14.8. The van der Waals surface area contributed by atoms with Gasteiger partial charge < -0.3 is 14.6 Å². The maximum atomic E-state index is 12.7. The van der Waals surface area contributed by atoms with Crippen molar-refractivity contribution < 1.29 is 17.6 Å². The second kappa shape index (κ2) is 10.8. The van der Waals surface area contributed by atoms with Crippen molar-refractivity contribution in [3.63, 3.8) is 0 Å². The number of carbonyl (C=O) groups excluding carboxylic acids is 1. The predicted molar refractivity (Wildman–Crippen MR) is 121 cm³/mol. The van der Waals surface area contributed by atoms with Gasteiger partial charge in [0.15, 0.2) is 0 Å². The maximum Gasteiger partial charge on any atom is 0.252 e. The lowest BCUT2D eigenvalue weighted by molar-refractivity contribution is 0.0949. The Labute approximate surface area is 193 Å². The van der Waals surface area contributed by atoms with E-state index in [1.54, 1.807) is 12.1 Å². The molecular formula is C21H27Cl2N3O4S. The average molecular weight is 488 g/mol.